The van der Waals surface area contributed by atoms with Crippen LogP contribution in [0.1, 0.15) is 26.3 Å². The maximum Gasteiger partial charge on any atom is 0.299 e. The fraction of sp³-hybridized carbons (Fsp3) is 0.417. The Kier molecular flexibility index (Phi) is 5.31. The molecule has 0 amide bonds. The van der Waals surface area contributed by atoms with Crippen molar-refractivity contribution in [1.29, 1.82) is 0 Å². The van der Waals surface area contributed by atoms with Crippen molar-refractivity contribution in [2.45, 2.75) is 20.8 Å². The van der Waals surface area contributed by atoms with Crippen LogP contribution in [0.3, 0.4) is 0 Å². The Morgan fingerprint density at radius 1 is 1.42 bits per heavy atom. The highest BCUT2D eigenvalue weighted by atomic mass is 32.2. The average molecular weight is 285 g/mol. The number of hydrogen-bond donors (Lipinski definition) is 3. The molecule has 7 heteroatoms. The van der Waals surface area contributed by atoms with E-state index in [0.29, 0.717) is 23.5 Å². The van der Waals surface area contributed by atoms with Crippen molar-refractivity contribution in [3.63, 3.8) is 0 Å². The number of hydrogen-bond acceptors (Lipinski definition) is 4. The molecule has 0 aliphatic heterocycles. The van der Waals surface area contributed by atoms with E-state index in [4.69, 9.17) is 5.21 Å². The van der Waals surface area contributed by atoms with Gasteiger partial charge in [0.05, 0.1) is 11.4 Å². The van der Waals surface area contributed by atoms with Gasteiger partial charge in [0, 0.05) is 12.1 Å². The van der Waals surface area contributed by atoms with E-state index in [9.17, 15) is 8.42 Å². The van der Waals surface area contributed by atoms with Gasteiger partial charge in [-0.2, -0.15) is 13.1 Å². The molecule has 1 aromatic carbocycles. The molecule has 0 bridgehead atoms. The number of nitrogens with zero attached hydrogens (tertiary/aromatic N) is 1. The number of nitrogens with one attached hydrogen (secondary N) is 2. The van der Waals surface area contributed by atoms with Gasteiger partial charge in [0.2, 0.25) is 0 Å². The Morgan fingerprint density at radius 2 is 2.11 bits per heavy atom. The van der Waals surface area contributed by atoms with Gasteiger partial charge in [-0.15, -0.1) is 0 Å². The zero-order valence-electron chi connectivity index (χ0n) is 11.2. The number of anilines is 1. The molecule has 0 heterocycles. The SMILES string of the molecule is C/C(=N\O)c1cccc(NS(=O)(=O)NCC(C)C)c1. The first kappa shape index (κ1) is 15.5. The lowest BCUT2D eigenvalue weighted by atomic mass is 10.1. The summed E-state index contributed by atoms with van der Waals surface area (Å²) in [5.74, 6) is 0.228. The summed E-state index contributed by atoms with van der Waals surface area (Å²) in [5, 5.41) is 11.8. The third-order valence-electron chi connectivity index (χ3n) is 2.36. The summed E-state index contributed by atoms with van der Waals surface area (Å²) in [7, 11) is -3.58. The molecule has 0 aliphatic rings. The maximum absolute atomic E-state index is 11.8. The third kappa shape index (κ3) is 5.27. The third-order valence-corrected chi connectivity index (χ3v) is 3.42. The monoisotopic (exact) mass is 285 g/mol. The minimum Gasteiger partial charge on any atom is -0.411 e. The number of oxime groups is 1. The molecule has 0 saturated carbocycles. The summed E-state index contributed by atoms with van der Waals surface area (Å²) in [6, 6.07) is 6.64. The molecular formula is C12H19N3O3S. The van der Waals surface area contributed by atoms with Crippen molar-refractivity contribution in [2.75, 3.05) is 11.3 Å². The van der Waals surface area contributed by atoms with Crippen LogP contribution >= 0.6 is 0 Å². The molecule has 0 fully saturated rings. The summed E-state index contributed by atoms with van der Waals surface area (Å²) in [6.45, 7) is 5.84. The fourth-order valence-electron chi connectivity index (χ4n) is 1.33. The minimum atomic E-state index is -3.58. The zero-order chi connectivity index (χ0) is 14.5. The van der Waals surface area contributed by atoms with Crippen molar-refractivity contribution in [2.24, 2.45) is 11.1 Å². The van der Waals surface area contributed by atoms with E-state index in [0.717, 1.165) is 0 Å². The van der Waals surface area contributed by atoms with Crippen molar-refractivity contribution in [3.8, 4) is 0 Å². The number of benzene rings is 1. The van der Waals surface area contributed by atoms with E-state index >= 15 is 0 Å². The quantitative estimate of drug-likeness (QED) is 0.423. The van der Waals surface area contributed by atoms with Crippen LogP contribution in [0.25, 0.3) is 0 Å². The Bertz CT molecular complexity index is 553. The first-order valence-corrected chi connectivity index (χ1v) is 7.39. The van der Waals surface area contributed by atoms with E-state index < -0.39 is 10.2 Å². The van der Waals surface area contributed by atoms with Gasteiger partial charge in [0.15, 0.2) is 0 Å². The highest BCUT2D eigenvalue weighted by Crippen LogP contribution is 2.12. The van der Waals surface area contributed by atoms with Crippen molar-refractivity contribution < 1.29 is 13.6 Å². The standard InChI is InChI=1S/C12H19N3O3S/c1-9(2)8-13-19(17,18)15-12-6-4-5-11(7-12)10(3)14-16/h4-7,9,13,15-16H,8H2,1-3H3/b14-10+. The summed E-state index contributed by atoms with van der Waals surface area (Å²) in [4.78, 5) is 0. The van der Waals surface area contributed by atoms with Gasteiger partial charge in [-0.25, -0.2) is 0 Å². The van der Waals surface area contributed by atoms with Crippen LogP contribution in [-0.2, 0) is 10.2 Å². The van der Waals surface area contributed by atoms with Gasteiger partial charge < -0.3 is 5.21 Å². The van der Waals surface area contributed by atoms with Crippen LogP contribution in [0.2, 0.25) is 0 Å². The molecule has 106 valence electrons. The zero-order valence-corrected chi connectivity index (χ0v) is 12.0. The second-order valence-corrected chi connectivity index (χ2v) is 6.11. The van der Waals surface area contributed by atoms with Crippen molar-refractivity contribution in [1.82, 2.24) is 4.72 Å². The lowest BCUT2D eigenvalue weighted by Gasteiger charge is -2.11. The molecule has 0 unspecified atom stereocenters. The predicted molar refractivity (Wildman–Crippen MR) is 75.8 cm³/mol. The molecule has 6 nitrogen and oxygen atoms in total. The van der Waals surface area contributed by atoms with Gasteiger partial charge in [-0.1, -0.05) is 31.1 Å². The molecule has 0 aliphatic carbocycles. The van der Waals surface area contributed by atoms with Crippen LogP contribution in [0.15, 0.2) is 29.4 Å². The Balaban J connectivity index is 2.82. The summed E-state index contributed by atoms with van der Waals surface area (Å²) < 4.78 is 28.4. The fourth-order valence-corrected chi connectivity index (χ4v) is 2.40. The number of rotatable bonds is 6. The molecule has 19 heavy (non-hydrogen) atoms. The van der Waals surface area contributed by atoms with E-state index in [-0.39, 0.29) is 5.92 Å². The molecule has 0 saturated heterocycles. The molecule has 0 aromatic heterocycles. The van der Waals surface area contributed by atoms with Crippen LogP contribution in [-0.4, -0.2) is 25.9 Å². The molecular weight excluding hydrogens is 266 g/mol. The largest absolute Gasteiger partial charge is 0.411 e. The Morgan fingerprint density at radius 3 is 2.68 bits per heavy atom. The van der Waals surface area contributed by atoms with Gasteiger partial charge >= 0.3 is 0 Å². The molecule has 0 radical (unpaired) electrons. The summed E-state index contributed by atoms with van der Waals surface area (Å²) in [6.07, 6.45) is 0. The lowest BCUT2D eigenvalue weighted by Crippen LogP contribution is -2.32. The smallest absolute Gasteiger partial charge is 0.299 e. The minimum absolute atomic E-state index is 0.228. The normalized spacial score (nSPS) is 12.7. The Labute approximate surface area is 113 Å². The molecule has 0 atom stereocenters. The highest BCUT2D eigenvalue weighted by Gasteiger charge is 2.10. The van der Waals surface area contributed by atoms with Gasteiger partial charge in [-0.05, 0) is 25.0 Å². The van der Waals surface area contributed by atoms with Gasteiger partial charge in [0.1, 0.15) is 0 Å². The highest BCUT2D eigenvalue weighted by molar-refractivity contribution is 7.90. The Hall–Kier alpha value is -1.60. The predicted octanol–water partition coefficient (Wildman–Crippen LogP) is 1.79. The average Bonchev–Trinajstić information content (AvgIpc) is 2.35. The summed E-state index contributed by atoms with van der Waals surface area (Å²) >= 11 is 0. The summed E-state index contributed by atoms with van der Waals surface area (Å²) in [5.41, 5.74) is 1.47. The first-order valence-electron chi connectivity index (χ1n) is 5.90. The van der Waals surface area contributed by atoms with E-state index in [1.54, 1.807) is 31.2 Å². The van der Waals surface area contributed by atoms with E-state index in [1.165, 1.54) is 0 Å². The second kappa shape index (κ2) is 6.53. The lowest BCUT2D eigenvalue weighted by molar-refractivity contribution is 0.319. The first-order chi connectivity index (χ1) is 8.84. The maximum atomic E-state index is 11.8. The van der Waals surface area contributed by atoms with Gasteiger partial charge in [-0.3, -0.25) is 4.72 Å². The van der Waals surface area contributed by atoms with Crippen LogP contribution in [0.4, 0.5) is 5.69 Å². The van der Waals surface area contributed by atoms with Crippen LogP contribution in [0.5, 0.6) is 0 Å². The van der Waals surface area contributed by atoms with E-state index in [1.807, 2.05) is 13.8 Å². The molecule has 3 N–H and O–H groups in total. The van der Waals surface area contributed by atoms with Crippen molar-refractivity contribution in [3.05, 3.63) is 29.8 Å². The van der Waals surface area contributed by atoms with E-state index in [2.05, 4.69) is 14.6 Å². The molecule has 1 rings (SSSR count). The van der Waals surface area contributed by atoms with Crippen molar-refractivity contribution >= 4 is 21.6 Å². The van der Waals surface area contributed by atoms with Crippen LogP contribution in [0, 0.1) is 5.92 Å². The molecule has 0 spiro atoms. The van der Waals surface area contributed by atoms with Gasteiger partial charge in [0.25, 0.3) is 10.2 Å². The second-order valence-electron chi connectivity index (χ2n) is 4.61. The molecule has 1 aromatic rings. The topological polar surface area (TPSA) is 90.8 Å². The van der Waals surface area contributed by atoms with Crippen LogP contribution < -0.4 is 9.44 Å².